The van der Waals surface area contributed by atoms with Gasteiger partial charge in [0.15, 0.2) is 11.6 Å². The Hall–Kier alpha value is -4.05. The fraction of sp³-hybridized carbons (Fsp3) is 0.222. The zero-order chi connectivity index (χ0) is 25.0. The zero-order valence-electron chi connectivity index (χ0n) is 19.6. The first-order chi connectivity index (χ1) is 17.6. The summed E-state index contributed by atoms with van der Waals surface area (Å²) in [6.07, 6.45) is 4.26. The molecule has 2 unspecified atom stereocenters. The van der Waals surface area contributed by atoms with Crippen LogP contribution in [0.5, 0.6) is 0 Å². The molecule has 184 valence electrons. The number of amides is 2. The summed E-state index contributed by atoms with van der Waals surface area (Å²) >= 11 is 0. The summed E-state index contributed by atoms with van der Waals surface area (Å²) in [6.45, 7) is 2.15. The quantitative estimate of drug-likeness (QED) is 0.469. The van der Waals surface area contributed by atoms with E-state index in [4.69, 9.17) is 15.3 Å². The smallest absolute Gasteiger partial charge is 0.260 e. The highest BCUT2D eigenvalue weighted by molar-refractivity contribution is 5.97. The van der Waals surface area contributed by atoms with Gasteiger partial charge in [-0.2, -0.15) is 0 Å². The number of benzene rings is 2. The first-order valence-corrected chi connectivity index (χ1v) is 11.7. The molecule has 3 aromatic rings. The summed E-state index contributed by atoms with van der Waals surface area (Å²) in [5.41, 5.74) is 11.3. The molecule has 2 aliphatic heterocycles. The van der Waals surface area contributed by atoms with E-state index in [0.717, 1.165) is 16.7 Å². The minimum Gasteiger partial charge on any atom is -0.379 e. The predicted octanol–water partition coefficient (Wildman–Crippen LogP) is 2.03. The Morgan fingerprint density at radius 3 is 2.39 bits per heavy atom. The Morgan fingerprint density at radius 1 is 1.00 bits per heavy atom. The van der Waals surface area contributed by atoms with E-state index in [0.29, 0.717) is 37.7 Å². The fourth-order valence-corrected chi connectivity index (χ4v) is 4.71. The maximum Gasteiger partial charge on any atom is 0.260 e. The highest BCUT2D eigenvalue weighted by atomic mass is 16.7. The molecule has 9 heteroatoms. The Bertz CT molecular complexity index is 1240. The van der Waals surface area contributed by atoms with Crippen molar-refractivity contribution in [1.82, 2.24) is 15.4 Å². The Labute approximate surface area is 208 Å². The molecule has 3 heterocycles. The number of pyridine rings is 1. The van der Waals surface area contributed by atoms with Crippen molar-refractivity contribution < 1.29 is 19.2 Å². The molecule has 0 aliphatic carbocycles. The van der Waals surface area contributed by atoms with Crippen molar-refractivity contribution in [2.24, 2.45) is 5.73 Å². The fourth-order valence-electron chi connectivity index (χ4n) is 4.71. The second kappa shape index (κ2) is 10.3. The van der Waals surface area contributed by atoms with Crippen molar-refractivity contribution in [2.75, 3.05) is 31.6 Å². The molecule has 2 amide bonds. The van der Waals surface area contributed by atoms with Gasteiger partial charge in [0.25, 0.3) is 5.91 Å². The number of anilines is 1. The van der Waals surface area contributed by atoms with E-state index in [2.05, 4.69) is 20.7 Å². The van der Waals surface area contributed by atoms with Gasteiger partial charge in [0, 0.05) is 36.7 Å². The van der Waals surface area contributed by atoms with Gasteiger partial charge in [-0.05, 0) is 41.5 Å². The van der Waals surface area contributed by atoms with Crippen molar-refractivity contribution in [2.45, 2.75) is 11.6 Å². The van der Waals surface area contributed by atoms with Gasteiger partial charge in [-0.1, -0.05) is 42.5 Å². The molecule has 4 N–H and O–H groups in total. The highest BCUT2D eigenvalue weighted by Gasteiger charge is 2.46. The molecule has 5 rings (SSSR count). The Morgan fingerprint density at radius 2 is 1.72 bits per heavy atom. The van der Waals surface area contributed by atoms with E-state index in [-0.39, 0.29) is 5.91 Å². The van der Waals surface area contributed by atoms with Gasteiger partial charge >= 0.3 is 0 Å². The molecule has 0 spiro atoms. The van der Waals surface area contributed by atoms with Crippen molar-refractivity contribution in [3.63, 3.8) is 0 Å². The molecule has 9 nitrogen and oxygen atoms in total. The molecule has 2 atom stereocenters. The second-order valence-electron chi connectivity index (χ2n) is 8.57. The molecule has 0 bridgehead atoms. The van der Waals surface area contributed by atoms with E-state index in [1.165, 1.54) is 0 Å². The summed E-state index contributed by atoms with van der Waals surface area (Å²) in [5.74, 6) is -0.794. The molecular formula is C27H27N5O4. The van der Waals surface area contributed by atoms with Crippen molar-refractivity contribution in [1.29, 1.82) is 0 Å². The number of hydroxylamine groups is 1. The third-order valence-corrected chi connectivity index (χ3v) is 6.45. The van der Waals surface area contributed by atoms with Gasteiger partial charge in [0.1, 0.15) is 0 Å². The van der Waals surface area contributed by atoms with Crippen LogP contribution in [0.15, 0.2) is 85.2 Å². The van der Waals surface area contributed by atoms with Gasteiger partial charge in [0.2, 0.25) is 5.91 Å². The second-order valence-corrected chi connectivity index (χ2v) is 8.57. The van der Waals surface area contributed by atoms with Crippen LogP contribution in [0.4, 0.5) is 5.69 Å². The van der Waals surface area contributed by atoms with Crippen LogP contribution in [0.2, 0.25) is 0 Å². The van der Waals surface area contributed by atoms with Gasteiger partial charge in [-0.15, -0.1) is 0 Å². The van der Waals surface area contributed by atoms with Gasteiger partial charge in [-0.3, -0.25) is 29.8 Å². The van der Waals surface area contributed by atoms with Crippen LogP contribution in [0.3, 0.4) is 0 Å². The minimum absolute atomic E-state index is 0.327. The number of hydrogen-bond donors (Lipinski definition) is 3. The van der Waals surface area contributed by atoms with E-state index < -0.39 is 17.6 Å². The first kappa shape index (κ1) is 23.7. The Kier molecular flexibility index (Phi) is 6.77. The number of nitrogens with zero attached hydrogens (tertiary/aromatic N) is 2. The summed E-state index contributed by atoms with van der Waals surface area (Å²) < 4.78 is 5.53. The third-order valence-electron chi connectivity index (χ3n) is 6.45. The molecule has 1 fully saturated rings. The Balaban J connectivity index is 1.39. The van der Waals surface area contributed by atoms with Gasteiger partial charge in [0.05, 0.1) is 18.9 Å². The van der Waals surface area contributed by atoms with E-state index >= 15 is 0 Å². The average Bonchev–Trinajstić information content (AvgIpc) is 3.42. The number of hydrogen-bond acceptors (Lipinski definition) is 7. The van der Waals surface area contributed by atoms with Crippen LogP contribution in [0, 0.1) is 0 Å². The lowest BCUT2D eigenvalue weighted by molar-refractivity contribution is -0.131. The normalized spacial score (nSPS) is 19.6. The highest BCUT2D eigenvalue weighted by Crippen LogP contribution is 2.37. The number of ether oxygens (including phenoxy) is 1. The molecule has 0 saturated carbocycles. The summed E-state index contributed by atoms with van der Waals surface area (Å²) in [4.78, 5) is 37.5. The number of aromatic nitrogens is 1. The molecule has 2 aromatic carbocycles. The standard InChI is InChI=1S/C27H27N5O4/c28-26(34)27(20-6-2-1-3-7-20,32-13-15-35-16-14-32)21-8-10-22(11-9-21)30-25(33)24-17-23(31-36-24)19-5-4-12-29-18-19/h1-12,17-18,24,31H,13-16H2,(H2,28,34)(H,30,33). The number of carbonyl (C=O) groups is 2. The first-order valence-electron chi connectivity index (χ1n) is 11.7. The van der Waals surface area contributed by atoms with E-state index in [9.17, 15) is 9.59 Å². The number of rotatable bonds is 7. The minimum atomic E-state index is -1.16. The lowest BCUT2D eigenvalue weighted by Crippen LogP contribution is -2.58. The van der Waals surface area contributed by atoms with Crippen LogP contribution in [0.1, 0.15) is 16.7 Å². The summed E-state index contributed by atoms with van der Waals surface area (Å²) in [6, 6.07) is 20.4. The molecule has 1 aromatic heterocycles. The summed E-state index contributed by atoms with van der Waals surface area (Å²) in [7, 11) is 0. The third kappa shape index (κ3) is 4.47. The zero-order valence-corrected chi connectivity index (χ0v) is 19.6. The average molecular weight is 486 g/mol. The molecule has 36 heavy (non-hydrogen) atoms. The SMILES string of the molecule is NC(=O)C(c1ccccc1)(c1ccc(NC(=O)C2C=C(c3cccnc3)NO2)cc1)N1CCOCC1. The topological polar surface area (TPSA) is 119 Å². The van der Waals surface area contributed by atoms with Crippen LogP contribution >= 0.6 is 0 Å². The summed E-state index contributed by atoms with van der Waals surface area (Å²) in [5, 5.41) is 2.87. The largest absolute Gasteiger partial charge is 0.379 e. The number of nitrogens with two attached hydrogens (primary N) is 1. The van der Waals surface area contributed by atoms with Crippen molar-refractivity contribution in [3.05, 3.63) is 102 Å². The van der Waals surface area contributed by atoms with Gasteiger partial charge in [-0.25, -0.2) is 0 Å². The maximum atomic E-state index is 13.1. The molecule has 0 radical (unpaired) electrons. The lowest BCUT2D eigenvalue weighted by Gasteiger charge is -2.44. The van der Waals surface area contributed by atoms with Crippen LogP contribution < -0.4 is 16.5 Å². The maximum absolute atomic E-state index is 13.1. The number of carbonyl (C=O) groups excluding carboxylic acids is 2. The van der Waals surface area contributed by atoms with Crippen LogP contribution in [0.25, 0.3) is 5.70 Å². The van der Waals surface area contributed by atoms with E-state index in [1.807, 2.05) is 54.6 Å². The monoisotopic (exact) mass is 485 g/mol. The number of primary amides is 1. The number of morpholine rings is 1. The van der Waals surface area contributed by atoms with Crippen LogP contribution in [-0.4, -0.2) is 54.1 Å². The molecule has 1 saturated heterocycles. The predicted molar refractivity (Wildman–Crippen MR) is 134 cm³/mol. The van der Waals surface area contributed by atoms with Gasteiger partial charge < -0.3 is 15.8 Å². The van der Waals surface area contributed by atoms with Crippen molar-refractivity contribution >= 4 is 23.2 Å². The molecule has 2 aliphatic rings. The van der Waals surface area contributed by atoms with Crippen molar-refractivity contribution in [3.8, 4) is 0 Å². The van der Waals surface area contributed by atoms with E-state index in [1.54, 1.807) is 30.6 Å². The van der Waals surface area contributed by atoms with Crippen LogP contribution in [-0.2, 0) is 24.7 Å². The number of nitrogens with one attached hydrogen (secondary N) is 2. The molecular weight excluding hydrogens is 458 g/mol. The lowest BCUT2D eigenvalue weighted by atomic mass is 9.80.